The van der Waals surface area contributed by atoms with E-state index in [2.05, 4.69) is 5.32 Å². The van der Waals surface area contributed by atoms with Crippen molar-refractivity contribution in [3.8, 4) is 0 Å². The molecule has 1 aliphatic rings. The first-order valence-corrected chi connectivity index (χ1v) is 10.5. The molecular formula is C20H22N2O4S. The maximum Gasteiger partial charge on any atom is 0.236 e. The zero-order valence-electron chi connectivity index (χ0n) is 14.9. The van der Waals surface area contributed by atoms with E-state index in [1.165, 1.54) is 4.31 Å². The molecule has 0 atom stereocenters. The van der Waals surface area contributed by atoms with Crippen molar-refractivity contribution in [3.05, 3.63) is 65.7 Å². The number of Topliss-reactive ketones (excluding diaryl/α,β-unsaturated/α-hetero) is 1. The third kappa shape index (κ3) is 4.74. The highest BCUT2D eigenvalue weighted by atomic mass is 32.2. The zero-order chi connectivity index (χ0) is 19.3. The summed E-state index contributed by atoms with van der Waals surface area (Å²) in [6.45, 7) is 0.459. The Balaban J connectivity index is 1.45. The molecule has 0 saturated carbocycles. The van der Waals surface area contributed by atoms with Gasteiger partial charge in [0.15, 0.2) is 5.78 Å². The molecule has 0 aromatic heterocycles. The van der Waals surface area contributed by atoms with Crippen LogP contribution in [0.2, 0.25) is 0 Å². The van der Waals surface area contributed by atoms with Gasteiger partial charge in [0.2, 0.25) is 15.9 Å². The molecule has 3 rings (SSSR count). The maximum atomic E-state index is 12.5. The van der Waals surface area contributed by atoms with E-state index < -0.39 is 10.0 Å². The monoisotopic (exact) mass is 386 g/mol. The minimum absolute atomic E-state index is 0.0271. The highest BCUT2D eigenvalue weighted by Gasteiger charge is 2.28. The number of rotatable bonds is 8. The van der Waals surface area contributed by atoms with E-state index in [-0.39, 0.29) is 36.8 Å². The van der Waals surface area contributed by atoms with Crippen molar-refractivity contribution in [3.63, 3.8) is 0 Å². The molecule has 0 saturated heterocycles. The van der Waals surface area contributed by atoms with E-state index in [1.54, 1.807) is 30.3 Å². The lowest BCUT2D eigenvalue weighted by Gasteiger charge is -2.19. The first kappa shape index (κ1) is 19.1. The number of para-hydroxylation sites is 1. The van der Waals surface area contributed by atoms with Crippen molar-refractivity contribution in [2.45, 2.75) is 19.3 Å². The molecule has 6 nitrogen and oxygen atoms in total. The molecule has 2 aromatic carbocycles. The number of carbonyl (C=O) groups is 2. The standard InChI is InChI=1S/C20H22N2O4S/c23-19(17-7-2-1-3-8-17)10-11-20(24)21-13-15-27(25,26)22-14-12-16-6-4-5-9-18(16)22/h1-9H,10-15H2,(H,21,24). The van der Waals surface area contributed by atoms with Gasteiger partial charge in [0.05, 0.1) is 11.4 Å². The predicted molar refractivity (Wildman–Crippen MR) is 104 cm³/mol. The molecule has 1 heterocycles. The molecule has 2 aromatic rings. The molecule has 0 fully saturated rings. The highest BCUT2D eigenvalue weighted by Crippen LogP contribution is 2.29. The number of anilines is 1. The van der Waals surface area contributed by atoms with Crippen molar-refractivity contribution >= 4 is 27.4 Å². The van der Waals surface area contributed by atoms with Gasteiger partial charge in [0.25, 0.3) is 0 Å². The molecular weight excluding hydrogens is 364 g/mol. The minimum Gasteiger partial charge on any atom is -0.355 e. The van der Waals surface area contributed by atoms with Gasteiger partial charge in [-0.05, 0) is 18.1 Å². The lowest BCUT2D eigenvalue weighted by Crippen LogP contribution is -2.37. The van der Waals surface area contributed by atoms with Crippen LogP contribution in [0.3, 0.4) is 0 Å². The third-order valence-corrected chi connectivity index (χ3v) is 6.31. The summed E-state index contributed by atoms with van der Waals surface area (Å²) in [4.78, 5) is 23.9. The third-order valence-electron chi connectivity index (χ3n) is 4.54. The van der Waals surface area contributed by atoms with E-state index in [4.69, 9.17) is 0 Å². The number of hydrogen-bond acceptors (Lipinski definition) is 4. The first-order valence-electron chi connectivity index (χ1n) is 8.90. The molecule has 7 heteroatoms. The van der Waals surface area contributed by atoms with Crippen LogP contribution >= 0.6 is 0 Å². The van der Waals surface area contributed by atoms with Gasteiger partial charge in [-0.3, -0.25) is 13.9 Å². The molecule has 0 radical (unpaired) electrons. The van der Waals surface area contributed by atoms with Gasteiger partial charge in [-0.1, -0.05) is 48.5 Å². The summed E-state index contributed by atoms with van der Waals surface area (Å²) in [6, 6.07) is 16.2. The second-order valence-electron chi connectivity index (χ2n) is 6.41. The average molecular weight is 386 g/mol. The molecule has 0 bridgehead atoms. The van der Waals surface area contributed by atoms with Gasteiger partial charge in [0.1, 0.15) is 0 Å². The van der Waals surface area contributed by atoms with Crippen molar-refractivity contribution < 1.29 is 18.0 Å². The van der Waals surface area contributed by atoms with Crippen LogP contribution in [0.1, 0.15) is 28.8 Å². The van der Waals surface area contributed by atoms with Gasteiger partial charge < -0.3 is 5.32 Å². The summed E-state index contributed by atoms with van der Waals surface area (Å²) in [5, 5.41) is 2.60. The van der Waals surface area contributed by atoms with Crippen molar-refractivity contribution in [1.29, 1.82) is 0 Å². The number of carbonyl (C=O) groups excluding carboxylic acids is 2. The summed E-state index contributed by atoms with van der Waals surface area (Å²) in [5.74, 6) is -0.594. The number of benzene rings is 2. The zero-order valence-corrected chi connectivity index (χ0v) is 15.7. The summed E-state index contributed by atoms with van der Waals surface area (Å²) < 4.78 is 26.5. The molecule has 142 valence electrons. The van der Waals surface area contributed by atoms with Crippen LogP contribution < -0.4 is 9.62 Å². The number of nitrogens with zero attached hydrogens (tertiary/aromatic N) is 1. The molecule has 0 aliphatic carbocycles. The van der Waals surface area contributed by atoms with Crippen molar-refractivity contribution in [1.82, 2.24) is 5.32 Å². The van der Waals surface area contributed by atoms with Crippen LogP contribution in [0, 0.1) is 0 Å². The summed E-state index contributed by atoms with van der Waals surface area (Å²) >= 11 is 0. The Morgan fingerprint density at radius 1 is 0.963 bits per heavy atom. The van der Waals surface area contributed by atoms with Crippen LogP contribution in [0.5, 0.6) is 0 Å². The van der Waals surface area contributed by atoms with E-state index in [9.17, 15) is 18.0 Å². The first-order chi connectivity index (χ1) is 13.0. The Morgan fingerprint density at radius 2 is 1.67 bits per heavy atom. The normalized spacial score (nSPS) is 13.3. The fraction of sp³-hybridized carbons (Fsp3) is 0.300. The largest absolute Gasteiger partial charge is 0.355 e. The predicted octanol–water partition coefficient (Wildman–Crippen LogP) is 2.16. The Bertz CT molecular complexity index is 926. The lowest BCUT2D eigenvalue weighted by molar-refractivity contribution is -0.120. The number of fused-ring (bicyclic) bond motifs is 1. The van der Waals surface area contributed by atoms with Crippen LogP contribution in [-0.4, -0.2) is 39.0 Å². The highest BCUT2D eigenvalue weighted by molar-refractivity contribution is 7.92. The van der Waals surface area contributed by atoms with E-state index in [0.717, 1.165) is 11.3 Å². The molecule has 27 heavy (non-hydrogen) atoms. The second-order valence-corrected chi connectivity index (χ2v) is 8.42. The van der Waals surface area contributed by atoms with Crippen LogP contribution in [0.15, 0.2) is 54.6 Å². The van der Waals surface area contributed by atoms with Gasteiger partial charge in [-0.15, -0.1) is 0 Å². The van der Waals surface area contributed by atoms with Crippen LogP contribution in [0.25, 0.3) is 0 Å². The van der Waals surface area contributed by atoms with Gasteiger partial charge in [-0.25, -0.2) is 8.42 Å². The number of hydrogen-bond donors (Lipinski definition) is 1. The fourth-order valence-corrected chi connectivity index (χ4v) is 4.54. The summed E-state index contributed by atoms with van der Waals surface area (Å²) in [6.07, 6.45) is 0.839. The summed E-state index contributed by atoms with van der Waals surface area (Å²) in [5.41, 5.74) is 2.31. The molecule has 0 unspecified atom stereocenters. The Hall–Kier alpha value is -2.67. The molecule has 0 spiro atoms. The average Bonchev–Trinajstić information content (AvgIpc) is 3.12. The van der Waals surface area contributed by atoms with Crippen molar-refractivity contribution in [2.75, 3.05) is 23.1 Å². The van der Waals surface area contributed by atoms with Crippen LogP contribution in [-0.2, 0) is 21.2 Å². The quantitative estimate of drug-likeness (QED) is 0.705. The van der Waals surface area contributed by atoms with Gasteiger partial charge in [0, 0.05) is 31.5 Å². The topological polar surface area (TPSA) is 83.5 Å². The second kappa shape index (κ2) is 8.35. The summed E-state index contributed by atoms with van der Waals surface area (Å²) in [7, 11) is -3.49. The van der Waals surface area contributed by atoms with Gasteiger partial charge in [-0.2, -0.15) is 0 Å². The molecule has 1 aliphatic heterocycles. The van der Waals surface area contributed by atoms with E-state index in [1.807, 2.05) is 24.3 Å². The van der Waals surface area contributed by atoms with Crippen LogP contribution in [0.4, 0.5) is 5.69 Å². The molecule has 1 N–H and O–H groups in total. The SMILES string of the molecule is O=C(CCC(=O)c1ccccc1)NCCS(=O)(=O)N1CCc2ccccc21. The lowest BCUT2D eigenvalue weighted by atomic mass is 10.1. The number of amides is 1. The smallest absolute Gasteiger partial charge is 0.236 e. The fourth-order valence-electron chi connectivity index (χ4n) is 3.11. The Labute approximate surface area is 159 Å². The van der Waals surface area contributed by atoms with Crippen molar-refractivity contribution in [2.24, 2.45) is 0 Å². The minimum atomic E-state index is -3.49. The molecule has 1 amide bonds. The Morgan fingerprint density at radius 3 is 2.44 bits per heavy atom. The van der Waals surface area contributed by atoms with Gasteiger partial charge >= 0.3 is 0 Å². The van der Waals surface area contributed by atoms with E-state index >= 15 is 0 Å². The maximum absolute atomic E-state index is 12.5. The Kier molecular flexibility index (Phi) is 5.91. The number of ketones is 1. The number of nitrogens with one attached hydrogen (secondary N) is 1. The number of sulfonamides is 1. The van der Waals surface area contributed by atoms with E-state index in [0.29, 0.717) is 18.5 Å².